The number of aliphatic hydroxyl groups is 1. The summed E-state index contributed by atoms with van der Waals surface area (Å²) in [6, 6.07) is 3.67. The number of thioether (sulfide) groups is 1. The second-order valence-electron chi connectivity index (χ2n) is 4.42. The second kappa shape index (κ2) is 5.57. The van der Waals surface area contributed by atoms with Gasteiger partial charge in [-0.3, -0.25) is 0 Å². The summed E-state index contributed by atoms with van der Waals surface area (Å²) in [5.74, 6) is 1.37. The summed E-state index contributed by atoms with van der Waals surface area (Å²) >= 11 is 7.67. The van der Waals surface area contributed by atoms with Gasteiger partial charge in [0.2, 0.25) is 0 Å². The van der Waals surface area contributed by atoms with Gasteiger partial charge in [-0.15, -0.1) is 11.8 Å². The lowest BCUT2D eigenvalue weighted by Crippen LogP contribution is -2.51. The average molecular weight is 273 g/mol. The molecule has 1 aliphatic rings. The summed E-state index contributed by atoms with van der Waals surface area (Å²) < 4.78 is 0. The fourth-order valence-electron chi connectivity index (χ4n) is 1.96. The molecule has 94 valence electrons. The van der Waals surface area contributed by atoms with E-state index < -0.39 is 0 Å². The highest BCUT2D eigenvalue weighted by atomic mass is 35.5. The number of aliphatic hydroxyl groups excluding tert-OH is 1. The minimum absolute atomic E-state index is 0.158. The molecule has 2 N–H and O–H groups in total. The maximum atomic E-state index is 9.61. The molecule has 1 aromatic rings. The van der Waals surface area contributed by atoms with Crippen molar-refractivity contribution in [1.82, 2.24) is 10.3 Å². The number of halogens is 1. The van der Waals surface area contributed by atoms with Crippen molar-refractivity contribution >= 4 is 23.4 Å². The average Bonchev–Trinajstić information content (AvgIpc) is 3.18. The highest BCUT2D eigenvalue weighted by molar-refractivity contribution is 7.99. The molecule has 17 heavy (non-hydrogen) atoms. The zero-order chi connectivity index (χ0) is 12.3. The normalized spacial score (nSPS) is 19.0. The van der Waals surface area contributed by atoms with E-state index in [1.807, 2.05) is 19.2 Å². The Balaban J connectivity index is 2.02. The van der Waals surface area contributed by atoms with Crippen molar-refractivity contribution < 1.29 is 5.11 Å². The summed E-state index contributed by atoms with van der Waals surface area (Å²) in [7, 11) is 1.91. The van der Waals surface area contributed by atoms with Crippen LogP contribution in [0.5, 0.6) is 0 Å². The van der Waals surface area contributed by atoms with E-state index in [1.165, 1.54) is 12.8 Å². The Morgan fingerprint density at radius 3 is 2.94 bits per heavy atom. The molecule has 2 rings (SSSR count). The first-order chi connectivity index (χ1) is 8.22. The molecule has 3 nitrogen and oxygen atoms in total. The van der Waals surface area contributed by atoms with Crippen molar-refractivity contribution in [1.29, 1.82) is 0 Å². The topological polar surface area (TPSA) is 45.1 Å². The van der Waals surface area contributed by atoms with E-state index in [1.54, 1.807) is 18.0 Å². The number of nitrogens with one attached hydrogen (secondary N) is 1. The van der Waals surface area contributed by atoms with Gasteiger partial charge in [-0.25, -0.2) is 4.98 Å². The molecular weight excluding hydrogens is 256 g/mol. The quantitative estimate of drug-likeness (QED) is 0.780. The maximum absolute atomic E-state index is 9.61. The van der Waals surface area contributed by atoms with E-state index in [0.717, 1.165) is 10.8 Å². The van der Waals surface area contributed by atoms with Gasteiger partial charge in [0, 0.05) is 11.9 Å². The van der Waals surface area contributed by atoms with Crippen molar-refractivity contribution in [3.8, 4) is 0 Å². The molecule has 1 fully saturated rings. The number of rotatable bonds is 6. The molecule has 0 saturated heterocycles. The first kappa shape index (κ1) is 13.1. The minimum Gasteiger partial charge on any atom is -0.394 e. The van der Waals surface area contributed by atoms with Crippen molar-refractivity contribution in [2.24, 2.45) is 5.92 Å². The van der Waals surface area contributed by atoms with Crippen molar-refractivity contribution in [3.63, 3.8) is 0 Å². The number of hydrogen-bond acceptors (Lipinski definition) is 4. The lowest BCUT2D eigenvalue weighted by Gasteiger charge is -2.31. The third kappa shape index (κ3) is 2.94. The summed E-state index contributed by atoms with van der Waals surface area (Å²) in [6.45, 7) is 0.158. The van der Waals surface area contributed by atoms with Gasteiger partial charge < -0.3 is 10.4 Å². The molecule has 0 aliphatic heterocycles. The summed E-state index contributed by atoms with van der Waals surface area (Å²) in [5, 5.41) is 14.4. The van der Waals surface area contributed by atoms with E-state index >= 15 is 0 Å². The Labute approximate surface area is 111 Å². The molecule has 0 aromatic carbocycles. The van der Waals surface area contributed by atoms with Gasteiger partial charge in [-0.1, -0.05) is 11.6 Å². The number of nitrogens with zero attached hydrogens (tertiary/aromatic N) is 1. The molecule has 5 heteroatoms. The zero-order valence-electron chi connectivity index (χ0n) is 9.82. The number of hydrogen-bond donors (Lipinski definition) is 2. The Bertz CT molecular complexity index is 381. The third-order valence-electron chi connectivity index (χ3n) is 3.33. The number of aromatic nitrogens is 1. The maximum Gasteiger partial charge on any atom is 0.115 e. The van der Waals surface area contributed by atoms with Crippen LogP contribution in [0.4, 0.5) is 0 Å². The highest BCUT2D eigenvalue weighted by Gasteiger charge is 2.43. The summed E-state index contributed by atoms with van der Waals surface area (Å²) in [4.78, 5) is 4.25. The highest BCUT2D eigenvalue weighted by Crippen LogP contribution is 2.42. The van der Waals surface area contributed by atoms with Gasteiger partial charge in [0.1, 0.15) is 5.03 Å². The second-order valence-corrected chi connectivity index (χ2v) is 5.79. The first-order valence-electron chi connectivity index (χ1n) is 5.75. The smallest absolute Gasteiger partial charge is 0.115 e. The fourth-order valence-corrected chi connectivity index (χ4v) is 3.45. The lowest BCUT2D eigenvalue weighted by molar-refractivity contribution is 0.167. The Hall–Kier alpha value is -0.290. The lowest BCUT2D eigenvalue weighted by atomic mass is 9.97. The largest absolute Gasteiger partial charge is 0.394 e. The van der Waals surface area contributed by atoms with Crippen LogP contribution in [-0.2, 0) is 0 Å². The van der Waals surface area contributed by atoms with E-state index in [0.29, 0.717) is 10.9 Å². The molecule has 0 radical (unpaired) electrons. The van der Waals surface area contributed by atoms with Crippen LogP contribution in [0.2, 0.25) is 5.02 Å². The zero-order valence-corrected chi connectivity index (χ0v) is 11.4. The predicted octanol–water partition coefficient (Wildman–Crippen LogP) is 2.19. The van der Waals surface area contributed by atoms with Gasteiger partial charge in [-0.05, 0) is 37.9 Å². The third-order valence-corrected chi connectivity index (χ3v) is 5.01. The molecule has 1 heterocycles. The molecule has 1 saturated carbocycles. The van der Waals surface area contributed by atoms with Gasteiger partial charge in [-0.2, -0.15) is 0 Å². The van der Waals surface area contributed by atoms with Gasteiger partial charge in [0.05, 0.1) is 17.2 Å². The Morgan fingerprint density at radius 1 is 1.65 bits per heavy atom. The van der Waals surface area contributed by atoms with Crippen molar-refractivity contribution in [2.75, 3.05) is 19.4 Å². The Morgan fingerprint density at radius 2 is 2.41 bits per heavy atom. The van der Waals surface area contributed by atoms with E-state index in [9.17, 15) is 5.11 Å². The van der Waals surface area contributed by atoms with Crippen molar-refractivity contribution in [3.05, 3.63) is 23.4 Å². The molecule has 1 aliphatic carbocycles. The van der Waals surface area contributed by atoms with E-state index in [-0.39, 0.29) is 12.1 Å². The van der Waals surface area contributed by atoms with Crippen LogP contribution in [0.3, 0.4) is 0 Å². The van der Waals surface area contributed by atoms with Crippen LogP contribution >= 0.6 is 23.4 Å². The van der Waals surface area contributed by atoms with Crippen LogP contribution in [0.1, 0.15) is 12.8 Å². The molecular formula is C12H17ClN2OS. The first-order valence-corrected chi connectivity index (χ1v) is 7.11. The van der Waals surface area contributed by atoms with Gasteiger partial charge in [0.25, 0.3) is 0 Å². The van der Waals surface area contributed by atoms with Gasteiger partial charge >= 0.3 is 0 Å². The standard InChI is InChI=1S/C12H17ClN2OS/c1-14-12(7-16,9-4-5-9)8-17-11-10(13)3-2-6-15-11/h2-3,6,9,14,16H,4-5,7-8H2,1H3. The van der Waals surface area contributed by atoms with Crippen molar-refractivity contribution in [2.45, 2.75) is 23.4 Å². The molecule has 1 unspecified atom stereocenters. The minimum atomic E-state index is -0.189. The van der Waals surface area contributed by atoms with E-state index in [4.69, 9.17) is 11.6 Å². The molecule has 0 spiro atoms. The van der Waals surface area contributed by atoms with E-state index in [2.05, 4.69) is 10.3 Å². The van der Waals surface area contributed by atoms with Crippen LogP contribution in [-0.4, -0.2) is 35.0 Å². The molecule has 0 amide bonds. The summed E-state index contributed by atoms with van der Waals surface area (Å²) in [6.07, 6.45) is 4.13. The SMILES string of the molecule is CNC(CO)(CSc1ncccc1Cl)C1CC1. The van der Waals surface area contributed by atoms with Crippen LogP contribution < -0.4 is 5.32 Å². The summed E-state index contributed by atoms with van der Waals surface area (Å²) in [5.41, 5.74) is -0.189. The van der Waals surface area contributed by atoms with Crippen LogP contribution in [0, 0.1) is 5.92 Å². The number of likely N-dealkylation sites (N-methyl/N-ethyl adjacent to an activating group) is 1. The van der Waals surface area contributed by atoms with Crippen LogP contribution in [0.15, 0.2) is 23.4 Å². The monoisotopic (exact) mass is 272 g/mol. The molecule has 1 aromatic heterocycles. The predicted molar refractivity (Wildman–Crippen MR) is 71.6 cm³/mol. The Kier molecular flexibility index (Phi) is 4.31. The fraction of sp³-hybridized carbons (Fsp3) is 0.583. The molecule has 0 bridgehead atoms. The number of pyridine rings is 1. The van der Waals surface area contributed by atoms with Crippen LogP contribution in [0.25, 0.3) is 0 Å². The molecule has 1 atom stereocenters. The van der Waals surface area contributed by atoms with Gasteiger partial charge in [0.15, 0.2) is 0 Å².